The Morgan fingerprint density at radius 2 is 1.78 bits per heavy atom. The van der Waals surface area contributed by atoms with E-state index in [9.17, 15) is 10.1 Å². The molecule has 1 aliphatic rings. The fourth-order valence-electron chi connectivity index (χ4n) is 2.63. The Kier molecular flexibility index (Phi) is 2.65. The van der Waals surface area contributed by atoms with Crippen molar-refractivity contribution >= 4 is 11.4 Å². The number of hydrogen-bond acceptors (Lipinski definition) is 3. The highest BCUT2D eigenvalue weighted by atomic mass is 16.6. The first-order valence-electron chi connectivity index (χ1n) is 6.19. The van der Waals surface area contributed by atoms with Crippen molar-refractivity contribution in [2.24, 2.45) is 10.8 Å². The number of hydrogen-bond donors (Lipinski definition) is 1. The fraction of sp³-hybridized carbons (Fsp3) is 0.571. The number of nitro groups is 1. The van der Waals surface area contributed by atoms with Crippen LogP contribution >= 0.6 is 0 Å². The molecule has 1 saturated carbocycles. The highest BCUT2D eigenvalue weighted by molar-refractivity contribution is 5.64. The van der Waals surface area contributed by atoms with Gasteiger partial charge >= 0.3 is 0 Å². The quantitative estimate of drug-likeness (QED) is 0.654. The summed E-state index contributed by atoms with van der Waals surface area (Å²) in [5, 5.41) is 14.4. The average molecular weight is 248 g/mol. The molecule has 1 aromatic carbocycles. The Bertz CT molecular complexity index is 493. The standard InChI is InChI=1S/C14H20N2O2/c1-9-6-7-10(11(8-9)16(17)18)15-12-13(2,3)14(12,4)5/h6-8,12,15H,1-5H3. The summed E-state index contributed by atoms with van der Waals surface area (Å²) in [6.45, 7) is 10.6. The lowest BCUT2D eigenvalue weighted by Gasteiger charge is -2.09. The molecule has 4 nitrogen and oxygen atoms in total. The minimum absolute atomic E-state index is 0.158. The summed E-state index contributed by atoms with van der Waals surface area (Å²) in [6, 6.07) is 5.59. The third-order valence-electron chi connectivity index (χ3n) is 4.67. The van der Waals surface area contributed by atoms with Crippen LogP contribution in [-0.2, 0) is 0 Å². The van der Waals surface area contributed by atoms with Crippen molar-refractivity contribution in [2.45, 2.75) is 40.7 Å². The molecule has 1 fully saturated rings. The van der Waals surface area contributed by atoms with Gasteiger partial charge in [-0.05, 0) is 29.4 Å². The summed E-state index contributed by atoms with van der Waals surface area (Å²) in [7, 11) is 0. The predicted molar refractivity (Wildman–Crippen MR) is 72.8 cm³/mol. The second-order valence-electron chi connectivity index (χ2n) is 6.30. The molecule has 0 radical (unpaired) electrons. The van der Waals surface area contributed by atoms with Gasteiger partial charge in [-0.1, -0.05) is 33.8 Å². The van der Waals surface area contributed by atoms with Crippen molar-refractivity contribution in [1.29, 1.82) is 0 Å². The first-order chi connectivity index (χ1) is 8.18. The molecule has 0 heterocycles. The van der Waals surface area contributed by atoms with Crippen LogP contribution in [0.4, 0.5) is 11.4 Å². The molecule has 4 heteroatoms. The van der Waals surface area contributed by atoms with Gasteiger partial charge in [-0.15, -0.1) is 0 Å². The van der Waals surface area contributed by atoms with E-state index >= 15 is 0 Å². The first kappa shape index (κ1) is 12.9. The molecule has 2 rings (SSSR count). The van der Waals surface area contributed by atoms with Crippen LogP contribution in [0.2, 0.25) is 0 Å². The number of rotatable bonds is 3. The zero-order valence-corrected chi connectivity index (χ0v) is 11.6. The van der Waals surface area contributed by atoms with Gasteiger partial charge in [0.05, 0.1) is 4.92 Å². The van der Waals surface area contributed by atoms with E-state index in [1.165, 1.54) is 0 Å². The number of nitrogens with zero attached hydrogens (tertiary/aromatic N) is 1. The maximum Gasteiger partial charge on any atom is 0.292 e. The number of anilines is 1. The summed E-state index contributed by atoms with van der Waals surface area (Å²) >= 11 is 0. The lowest BCUT2D eigenvalue weighted by Crippen LogP contribution is -2.11. The van der Waals surface area contributed by atoms with E-state index < -0.39 is 0 Å². The molecule has 0 aromatic heterocycles. The van der Waals surface area contributed by atoms with Crippen LogP contribution in [0, 0.1) is 27.9 Å². The molecule has 18 heavy (non-hydrogen) atoms. The zero-order chi connectivity index (χ0) is 13.7. The van der Waals surface area contributed by atoms with Gasteiger partial charge in [-0.25, -0.2) is 0 Å². The van der Waals surface area contributed by atoms with Gasteiger partial charge in [0.2, 0.25) is 0 Å². The number of aryl methyl sites for hydroxylation is 1. The van der Waals surface area contributed by atoms with E-state index in [1.807, 2.05) is 13.0 Å². The Morgan fingerprint density at radius 3 is 2.22 bits per heavy atom. The first-order valence-corrected chi connectivity index (χ1v) is 6.19. The van der Waals surface area contributed by atoms with E-state index in [4.69, 9.17) is 0 Å². The van der Waals surface area contributed by atoms with Crippen LogP contribution in [0.5, 0.6) is 0 Å². The fourth-order valence-corrected chi connectivity index (χ4v) is 2.63. The van der Waals surface area contributed by atoms with Crippen LogP contribution in [0.15, 0.2) is 18.2 Å². The topological polar surface area (TPSA) is 55.2 Å². The molecular weight excluding hydrogens is 228 g/mol. The third kappa shape index (κ3) is 1.76. The van der Waals surface area contributed by atoms with E-state index in [0.29, 0.717) is 5.69 Å². The molecule has 0 spiro atoms. The summed E-state index contributed by atoms with van der Waals surface area (Å²) in [5.74, 6) is 0. The van der Waals surface area contributed by atoms with Gasteiger partial charge in [0, 0.05) is 12.1 Å². The Morgan fingerprint density at radius 1 is 1.22 bits per heavy atom. The van der Waals surface area contributed by atoms with Gasteiger partial charge < -0.3 is 5.32 Å². The van der Waals surface area contributed by atoms with Gasteiger partial charge in [0.15, 0.2) is 0 Å². The highest BCUT2D eigenvalue weighted by Crippen LogP contribution is 2.64. The van der Waals surface area contributed by atoms with Gasteiger partial charge in [0.1, 0.15) is 5.69 Å². The molecule has 0 bridgehead atoms. The highest BCUT2D eigenvalue weighted by Gasteiger charge is 2.65. The SMILES string of the molecule is Cc1ccc(NC2C(C)(C)C2(C)C)c([N+](=O)[O-])c1. The van der Waals surface area contributed by atoms with E-state index in [-0.39, 0.29) is 27.5 Å². The van der Waals surface area contributed by atoms with Crippen molar-refractivity contribution in [3.05, 3.63) is 33.9 Å². The van der Waals surface area contributed by atoms with Gasteiger partial charge in [0.25, 0.3) is 5.69 Å². The molecule has 1 aliphatic carbocycles. The molecule has 0 unspecified atom stereocenters. The minimum Gasteiger partial charge on any atom is -0.376 e. The van der Waals surface area contributed by atoms with Crippen molar-refractivity contribution in [1.82, 2.24) is 0 Å². The Hall–Kier alpha value is -1.58. The molecule has 0 atom stereocenters. The Labute approximate surface area is 108 Å². The van der Waals surface area contributed by atoms with Crippen LogP contribution in [0.25, 0.3) is 0 Å². The molecule has 1 N–H and O–H groups in total. The number of benzene rings is 1. The van der Waals surface area contributed by atoms with Gasteiger partial charge in [-0.2, -0.15) is 0 Å². The Balaban J connectivity index is 2.29. The number of nitro benzene ring substituents is 1. The second-order valence-corrected chi connectivity index (χ2v) is 6.30. The summed E-state index contributed by atoms with van der Waals surface area (Å²) in [4.78, 5) is 10.7. The van der Waals surface area contributed by atoms with E-state index in [2.05, 4.69) is 33.0 Å². The molecule has 1 aromatic rings. The van der Waals surface area contributed by atoms with Crippen molar-refractivity contribution < 1.29 is 4.92 Å². The summed E-state index contributed by atoms with van der Waals surface area (Å²) < 4.78 is 0. The smallest absolute Gasteiger partial charge is 0.292 e. The zero-order valence-electron chi connectivity index (χ0n) is 11.6. The lowest BCUT2D eigenvalue weighted by atomic mass is 10.0. The largest absolute Gasteiger partial charge is 0.376 e. The van der Waals surface area contributed by atoms with Crippen LogP contribution in [-0.4, -0.2) is 11.0 Å². The molecule has 98 valence electrons. The summed E-state index contributed by atoms with van der Waals surface area (Å²) in [5.41, 5.74) is 2.00. The maximum absolute atomic E-state index is 11.1. The molecular formula is C14H20N2O2. The summed E-state index contributed by atoms with van der Waals surface area (Å²) in [6.07, 6.45) is 0. The minimum atomic E-state index is -0.322. The van der Waals surface area contributed by atoms with Gasteiger partial charge in [-0.3, -0.25) is 10.1 Å². The maximum atomic E-state index is 11.1. The van der Waals surface area contributed by atoms with E-state index in [1.54, 1.807) is 12.1 Å². The van der Waals surface area contributed by atoms with Crippen molar-refractivity contribution in [3.63, 3.8) is 0 Å². The third-order valence-corrected chi connectivity index (χ3v) is 4.67. The van der Waals surface area contributed by atoms with Crippen molar-refractivity contribution in [2.75, 3.05) is 5.32 Å². The predicted octanol–water partition coefficient (Wildman–Crippen LogP) is 3.75. The number of nitrogens with one attached hydrogen (secondary N) is 1. The van der Waals surface area contributed by atoms with E-state index in [0.717, 1.165) is 5.56 Å². The van der Waals surface area contributed by atoms with Crippen LogP contribution < -0.4 is 5.32 Å². The second kappa shape index (κ2) is 3.70. The average Bonchev–Trinajstić information content (AvgIpc) is 2.62. The van der Waals surface area contributed by atoms with Crippen LogP contribution in [0.3, 0.4) is 0 Å². The van der Waals surface area contributed by atoms with Crippen molar-refractivity contribution in [3.8, 4) is 0 Å². The normalized spacial score (nSPS) is 20.5. The lowest BCUT2D eigenvalue weighted by molar-refractivity contribution is -0.384. The monoisotopic (exact) mass is 248 g/mol. The van der Waals surface area contributed by atoms with Crippen LogP contribution in [0.1, 0.15) is 33.3 Å². The molecule has 0 amide bonds. The molecule has 0 aliphatic heterocycles. The molecule has 0 saturated heterocycles.